The highest BCUT2D eigenvalue weighted by molar-refractivity contribution is 5.99. The highest BCUT2D eigenvalue weighted by Crippen LogP contribution is 2.37. The molecule has 0 bridgehead atoms. The first-order chi connectivity index (χ1) is 13.2. The Kier molecular flexibility index (Phi) is 5.86. The molecule has 2 aliphatic heterocycles. The van der Waals surface area contributed by atoms with Gasteiger partial charge in [0.05, 0.1) is 22.9 Å². The second-order valence-corrected chi connectivity index (χ2v) is 7.81. The molecular formula is C20H26F3N3O2. The second kappa shape index (κ2) is 8.01. The van der Waals surface area contributed by atoms with Crippen molar-refractivity contribution in [2.75, 3.05) is 29.9 Å². The van der Waals surface area contributed by atoms with E-state index < -0.39 is 23.6 Å². The predicted molar refractivity (Wildman–Crippen MR) is 101 cm³/mol. The number of nitrogens with zero attached hydrogens (tertiary/aromatic N) is 2. The third-order valence-corrected chi connectivity index (χ3v) is 5.43. The number of halogens is 3. The van der Waals surface area contributed by atoms with Gasteiger partial charge < -0.3 is 15.1 Å². The molecule has 3 rings (SSSR count). The predicted octanol–water partition coefficient (Wildman–Crippen LogP) is 3.89. The van der Waals surface area contributed by atoms with Crippen LogP contribution in [-0.4, -0.2) is 42.4 Å². The zero-order valence-corrected chi connectivity index (χ0v) is 16.2. The van der Waals surface area contributed by atoms with E-state index >= 15 is 0 Å². The first kappa shape index (κ1) is 20.5. The molecule has 2 fully saturated rings. The Hall–Kier alpha value is -2.25. The molecule has 1 aromatic rings. The van der Waals surface area contributed by atoms with E-state index in [4.69, 9.17) is 0 Å². The number of alkyl halides is 3. The van der Waals surface area contributed by atoms with Crippen LogP contribution in [0.3, 0.4) is 0 Å². The van der Waals surface area contributed by atoms with Crippen molar-refractivity contribution in [1.29, 1.82) is 0 Å². The van der Waals surface area contributed by atoms with Gasteiger partial charge in [-0.05, 0) is 51.3 Å². The molecule has 1 atom stereocenters. The van der Waals surface area contributed by atoms with Crippen LogP contribution in [0.25, 0.3) is 0 Å². The van der Waals surface area contributed by atoms with Crippen LogP contribution in [0.2, 0.25) is 0 Å². The molecule has 154 valence electrons. The minimum Gasteiger partial charge on any atom is -0.370 e. The van der Waals surface area contributed by atoms with Crippen molar-refractivity contribution in [1.82, 2.24) is 4.90 Å². The van der Waals surface area contributed by atoms with Crippen LogP contribution in [0.1, 0.15) is 45.1 Å². The Morgan fingerprint density at radius 3 is 2.43 bits per heavy atom. The molecule has 28 heavy (non-hydrogen) atoms. The number of carbonyl (C=O) groups is 2. The lowest BCUT2D eigenvalue weighted by Crippen LogP contribution is -2.34. The molecule has 2 aliphatic rings. The minimum absolute atomic E-state index is 0.0113. The summed E-state index contributed by atoms with van der Waals surface area (Å²) in [5.41, 5.74) is -0.0295. The third kappa shape index (κ3) is 4.42. The van der Waals surface area contributed by atoms with Crippen molar-refractivity contribution in [3.63, 3.8) is 0 Å². The Morgan fingerprint density at radius 1 is 1.18 bits per heavy atom. The van der Waals surface area contributed by atoms with E-state index in [-0.39, 0.29) is 24.1 Å². The molecule has 1 unspecified atom stereocenters. The van der Waals surface area contributed by atoms with Crippen molar-refractivity contribution in [2.45, 2.75) is 51.7 Å². The normalized spacial score (nSPS) is 20.8. The topological polar surface area (TPSA) is 52.7 Å². The van der Waals surface area contributed by atoms with Crippen LogP contribution in [0.4, 0.5) is 24.5 Å². The molecule has 2 saturated heterocycles. The second-order valence-electron chi connectivity index (χ2n) is 7.81. The molecule has 2 amide bonds. The van der Waals surface area contributed by atoms with Crippen molar-refractivity contribution >= 4 is 23.2 Å². The maximum absolute atomic E-state index is 13.2. The SMILES string of the molecule is CC(C)N1CC(C(=O)Nc2cc(C(F)(F)F)ccc2N2CCCCC2)CC1=O. The van der Waals surface area contributed by atoms with Gasteiger partial charge in [-0.1, -0.05) is 0 Å². The smallest absolute Gasteiger partial charge is 0.370 e. The van der Waals surface area contributed by atoms with E-state index in [1.807, 2.05) is 18.7 Å². The van der Waals surface area contributed by atoms with Crippen molar-refractivity contribution in [3.05, 3.63) is 23.8 Å². The van der Waals surface area contributed by atoms with Crippen molar-refractivity contribution in [2.24, 2.45) is 5.92 Å². The molecule has 0 radical (unpaired) electrons. The highest BCUT2D eigenvalue weighted by Gasteiger charge is 2.36. The number of hydrogen-bond donors (Lipinski definition) is 1. The van der Waals surface area contributed by atoms with Crippen LogP contribution in [0.15, 0.2) is 18.2 Å². The number of carbonyl (C=O) groups excluding carboxylic acids is 2. The first-order valence-electron chi connectivity index (χ1n) is 9.73. The van der Waals surface area contributed by atoms with Crippen LogP contribution < -0.4 is 10.2 Å². The van der Waals surface area contributed by atoms with Gasteiger partial charge in [0, 0.05) is 32.1 Å². The average molecular weight is 397 g/mol. The number of amides is 2. The maximum Gasteiger partial charge on any atom is 0.416 e. The van der Waals surface area contributed by atoms with Crippen LogP contribution in [0.5, 0.6) is 0 Å². The van der Waals surface area contributed by atoms with Gasteiger partial charge >= 0.3 is 6.18 Å². The van der Waals surface area contributed by atoms with Crippen LogP contribution in [0, 0.1) is 5.92 Å². The van der Waals surface area contributed by atoms with Crippen LogP contribution >= 0.6 is 0 Å². The largest absolute Gasteiger partial charge is 0.416 e. The zero-order chi connectivity index (χ0) is 20.5. The molecular weight excluding hydrogens is 371 g/mol. The molecule has 1 N–H and O–H groups in total. The van der Waals surface area contributed by atoms with E-state index in [1.165, 1.54) is 6.07 Å². The molecule has 8 heteroatoms. The molecule has 0 aromatic heterocycles. The Bertz CT molecular complexity index is 743. The molecule has 0 saturated carbocycles. The monoisotopic (exact) mass is 397 g/mol. The summed E-state index contributed by atoms with van der Waals surface area (Å²) >= 11 is 0. The van der Waals surface area contributed by atoms with Crippen molar-refractivity contribution in [3.8, 4) is 0 Å². The molecule has 0 spiro atoms. The highest BCUT2D eigenvalue weighted by atomic mass is 19.4. The average Bonchev–Trinajstić information content (AvgIpc) is 3.04. The van der Waals surface area contributed by atoms with Crippen LogP contribution in [-0.2, 0) is 15.8 Å². The fourth-order valence-corrected chi connectivity index (χ4v) is 3.86. The fourth-order valence-electron chi connectivity index (χ4n) is 3.86. The number of anilines is 2. The lowest BCUT2D eigenvalue weighted by Gasteiger charge is -2.31. The summed E-state index contributed by atoms with van der Waals surface area (Å²) in [6.45, 7) is 5.54. The number of nitrogens with one attached hydrogen (secondary N) is 1. The van der Waals surface area contributed by atoms with Gasteiger partial charge in [0.15, 0.2) is 0 Å². The summed E-state index contributed by atoms with van der Waals surface area (Å²) in [6, 6.07) is 3.48. The van der Waals surface area contributed by atoms with E-state index in [0.29, 0.717) is 12.2 Å². The number of rotatable bonds is 4. The zero-order valence-electron chi connectivity index (χ0n) is 16.2. The number of likely N-dealkylation sites (tertiary alicyclic amines) is 1. The lowest BCUT2D eigenvalue weighted by atomic mass is 10.1. The Balaban J connectivity index is 1.84. The fraction of sp³-hybridized carbons (Fsp3) is 0.600. The van der Waals surface area contributed by atoms with Gasteiger partial charge in [0.1, 0.15) is 0 Å². The summed E-state index contributed by atoms with van der Waals surface area (Å²) in [5, 5.41) is 2.68. The van der Waals surface area contributed by atoms with E-state index in [0.717, 1.165) is 44.5 Å². The molecule has 0 aliphatic carbocycles. The standard InChI is InChI=1S/C20H26F3N3O2/c1-13(2)26-12-14(10-18(26)27)19(28)24-16-11-15(20(21,22)23)6-7-17(16)25-8-4-3-5-9-25/h6-7,11,13-14H,3-5,8-10,12H2,1-2H3,(H,24,28). The van der Waals surface area contributed by atoms with E-state index in [1.54, 1.807) is 4.90 Å². The van der Waals surface area contributed by atoms with Gasteiger partial charge in [-0.25, -0.2) is 0 Å². The van der Waals surface area contributed by atoms with E-state index in [2.05, 4.69) is 5.32 Å². The minimum atomic E-state index is -4.49. The summed E-state index contributed by atoms with van der Waals surface area (Å²) in [7, 11) is 0. The number of piperidine rings is 1. The Labute approximate surface area is 162 Å². The molecule has 1 aromatic carbocycles. The van der Waals surface area contributed by atoms with Gasteiger partial charge in [-0.2, -0.15) is 13.2 Å². The molecule has 5 nitrogen and oxygen atoms in total. The first-order valence-corrected chi connectivity index (χ1v) is 9.73. The Morgan fingerprint density at radius 2 is 1.86 bits per heavy atom. The van der Waals surface area contributed by atoms with Gasteiger partial charge in [-0.3, -0.25) is 9.59 Å². The number of hydrogen-bond acceptors (Lipinski definition) is 3. The summed E-state index contributed by atoms with van der Waals surface area (Å²) < 4.78 is 39.6. The number of benzene rings is 1. The summed E-state index contributed by atoms with van der Waals surface area (Å²) in [5.74, 6) is -1.07. The summed E-state index contributed by atoms with van der Waals surface area (Å²) in [4.78, 5) is 28.4. The molecule has 2 heterocycles. The quantitative estimate of drug-likeness (QED) is 0.839. The summed E-state index contributed by atoms with van der Waals surface area (Å²) in [6.07, 6.45) is -1.38. The van der Waals surface area contributed by atoms with Gasteiger partial charge in [0.25, 0.3) is 0 Å². The van der Waals surface area contributed by atoms with E-state index in [9.17, 15) is 22.8 Å². The lowest BCUT2D eigenvalue weighted by molar-refractivity contribution is -0.137. The third-order valence-electron chi connectivity index (χ3n) is 5.43. The van der Waals surface area contributed by atoms with Gasteiger partial charge in [0.2, 0.25) is 11.8 Å². The van der Waals surface area contributed by atoms with Crippen molar-refractivity contribution < 1.29 is 22.8 Å². The maximum atomic E-state index is 13.2. The van der Waals surface area contributed by atoms with Gasteiger partial charge in [-0.15, -0.1) is 0 Å².